The first-order chi connectivity index (χ1) is 16.3. The first-order valence-electron chi connectivity index (χ1n) is 9.48. The summed E-state index contributed by atoms with van der Waals surface area (Å²) in [5.41, 5.74) is -0.709. The molecule has 4 aromatic rings. The third-order valence-electron chi connectivity index (χ3n) is 4.54. The van der Waals surface area contributed by atoms with Crippen LogP contribution in [-0.2, 0) is 0 Å². The maximum absolute atomic E-state index is 13.1. The summed E-state index contributed by atoms with van der Waals surface area (Å²) in [5, 5.41) is 0.185. The van der Waals surface area contributed by atoms with Crippen molar-refractivity contribution < 1.29 is 40.6 Å². The van der Waals surface area contributed by atoms with Crippen LogP contribution in [0.3, 0.4) is 0 Å². The number of rotatable bonds is 5. The zero-order chi connectivity index (χ0) is 25.5. The molecule has 184 valence electrons. The zero-order valence-corrected chi connectivity index (χ0v) is 18.1. The van der Waals surface area contributed by atoms with Crippen molar-refractivity contribution in [3.05, 3.63) is 68.9 Å². The van der Waals surface area contributed by atoms with Gasteiger partial charge in [0.05, 0.1) is 5.39 Å². The Kier molecular flexibility index (Phi) is 6.00. The summed E-state index contributed by atoms with van der Waals surface area (Å²) in [5.74, 6) is -1.73. The van der Waals surface area contributed by atoms with Crippen LogP contribution >= 0.6 is 11.3 Å². The second-order valence-corrected chi connectivity index (χ2v) is 8.02. The molecule has 35 heavy (non-hydrogen) atoms. The molecule has 0 spiro atoms. The molecule has 4 rings (SSSR count). The van der Waals surface area contributed by atoms with Crippen LogP contribution in [0.25, 0.3) is 20.7 Å². The van der Waals surface area contributed by atoms with Crippen molar-refractivity contribution in [1.29, 1.82) is 0 Å². The fourth-order valence-corrected chi connectivity index (χ4v) is 4.42. The standard InChI is InChI=1S/C21H12F6N2O5S/c1-9-15-17(30)28-19(31)29-18(15)35-16(9)10-2-7-13(14(8-10)34-21(25,26)27)32-11-3-5-12(6-4-11)33-20(22,23)24/h2-8H,1H3,(H2,28,29,30,31). The number of aromatic nitrogens is 2. The quantitative estimate of drug-likeness (QED) is 0.324. The number of aryl methyl sites for hydroxylation is 1. The predicted molar refractivity (Wildman–Crippen MR) is 113 cm³/mol. The lowest BCUT2D eigenvalue weighted by Gasteiger charge is -2.15. The van der Waals surface area contributed by atoms with E-state index in [0.717, 1.165) is 41.7 Å². The van der Waals surface area contributed by atoms with E-state index in [4.69, 9.17) is 4.74 Å². The van der Waals surface area contributed by atoms with Crippen LogP contribution in [0.1, 0.15) is 5.56 Å². The van der Waals surface area contributed by atoms with E-state index < -0.39 is 35.5 Å². The normalized spacial score (nSPS) is 12.1. The highest BCUT2D eigenvalue weighted by Crippen LogP contribution is 2.42. The molecule has 0 bridgehead atoms. The van der Waals surface area contributed by atoms with Gasteiger partial charge in [-0.15, -0.1) is 37.7 Å². The molecular formula is C21H12F6N2O5S. The van der Waals surface area contributed by atoms with Crippen molar-refractivity contribution >= 4 is 21.6 Å². The summed E-state index contributed by atoms with van der Waals surface area (Å²) in [4.78, 5) is 28.9. The summed E-state index contributed by atoms with van der Waals surface area (Å²) in [6.07, 6.45) is -9.99. The minimum atomic E-state index is -5.08. The molecule has 0 aliphatic heterocycles. The number of hydrogen-bond donors (Lipinski definition) is 2. The molecule has 0 saturated carbocycles. The van der Waals surface area contributed by atoms with Crippen molar-refractivity contribution in [2.24, 2.45) is 0 Å². The Morgan fingerprint density at radius 2 is 1.43 bits per heavy atom. The van der Waals surface area contributed by atoms with Gasteiger partial charge in [0.25, 0.3) is 5.56 Å². The van der Waals surface area contributed by atoms with Gasteiger partial charge in [0.1, 0.15) is 16.3 Å². The van der Waals surface area contributed by atoms with E-state index in [2.05, 4.69) is 19.4 Å². The number of aromatic amines is 2. The molecule has 2 aromatic heterocycles. The topological polar surface area (TPSA) is 93.4 Å². The molecule has 2 N–H and O–H groups in total. The van der Waals surface area contributed by atoms with E-state index in [1.807, 2.05) is 0 Å². The SMILES string of the molecule is Cc1c(-c2ccc(Oc3ccc(OC(F)(F)F)cc3)c(OC(F)(F)F)c2)sc2[nH]c(=O)[nH]c(=O)c12. The van der Waals surface area contributed by atoms with Crippen molar-refractivity contribution in [3.8, 4) is 33.4 Å². The minimum Gasteiger partial charge on any atom is -0.453 e. The fraction of sp³-hybridized carbons (Fsp3) is 0.143. The van der Waals surface area contributed by atoms with Crippen LogP contribution in [0.15, 0.2) is 52.1 Å². The summed E-state index contributed by atoms with van der Waals surface area (Å²) >= 11 is 0.989. The van der Waals surface area contributed by atoms with E-state index in [0.29, 0.717) is 10.4 Å². The molecular weight excluding hydrogens is 506 g/mol. The average Bonchev–Trinajstić information content (AvgIpc) is 3.05. The summed E-state index contributed by atoms with van der Waals surface area (Å²) < 4.78 is 89.3. The van der Waals surface area contributed by atoms with Gasteiger partial charge in [0.15, 0.2) is 11.5 Å². The molecule has 0 unspecified atom stereocenters. The molecule has 0 aliphatic rings. The number of thiophene rings is 1. The third-order valence-corrected chi connectivity index (χ3v) is 5.80. The van der Waals surface area contributed by atoms with E-state index in [1.165, 1.54) is 12.1 Å². The van der Waals surface area contributed by atoms with Gasteiger partial charge in [-0.3, -0.25) is 14.8 Å². The fourth-order valence-electron chi connectivity index (χ4n) is 3.22. The van der Waals surface area contributed by atoms with Crippen LogP contribution in [0.5, 0.6) is 23.0 Å². The largest absolute Gasteiger partial charge is 0.573 e. The number of ether oxygens (including phenoxy) is 3. The molecule has 14 heteroatoms. The highest BCUT2D eigenvalue weighted by atomic mass is 32.1. The highest BCUT2D eigenvalue weighted by Gasteiger charge is 2.33. The Balaban J connectivity index is 1.72. The van der Waals surface area contributed by atoms with Gasteiger partial charge in [-0.2, -0.15) is 0 Å². The Morgan fingerprint density at radius 1 is 0.800 bits per heavy atom. The molecule has 0 aliphatic carbocycles. The minimum absolute atomic E-state index is 0.0820. The van der Waals surface area contributed by atoms with E-state index in [1.54, 1.807) is 6.92 Å². The lowest BCUT2D eigenvalue weighted by molar-refractivity contribution is -0.275. The van der Waals surface area contributed by atoms with Crippen LogP contribution in [0.2, 0.25) is 0 Å². The maximum Gasteiger partial charge on any atom is 0.573 e. The van der Waals surface area contributed by atoms with E-state index >= 15 is 0 Å². The second-order valence-electron chi connectivity index (χ2n) is 7.00. The molecule has 0 radical (unpaired) electrons. The number of alkyl halides is 6. The third kappa shape index (κ3) is 5.59. The predicted octanol–water partition coefficient (Wildman–Crippen LogP) is 5.84. The number of hydrogen-bond acceptors (Lipinski definition) is 6. The molecule has 0 atom stereocenters. The van der Waals surface area contributed by atoms with Gasteiger partial charge in [0.2, 0.25) is 0 Å². The average molecular weight is 518 g/mol. The zero-order valence-electron chi connectivity index (χ0n) is 17.3. The number of benzene rings is 2. The van der Waals surface area contributed by atoms with Crippen molar-refractivity contribution in [2.75, 3.05) is 0 Å². The summed E-state index contributed by atoms with van der Waals surface area (Å²) in [7, 11) is 0. The first-order valence-corrected chi connectivity index (χ1v) is 10.3. The Morgan fingerprint density at radius 3 is 2.06 bits per heavy atom. The number of H-pyrrole nitrogens is 2. The first kappa shape index (κ1) is 24.2. The smallest absolute Gasteiger partial charge is 0.453 e. The molecule has 2 heterocycles. The van der Waals surface area contributed by atoms with Gasteiger partial charge in [-0.05, 0) is 60.5 Å². The van der Waals surface area contributed by atoms with Crippen LogP contribution in [-0.4, -0.2) is 22.7 Å². The van der Waals surface area contributed by atoms with Gasteiger partial charge < -0.3 is 14.2 Å². The molecule has 7 nitrogen and oxygen atoms in total. The van der Waals surface area contributed by atoms with E-state index in [-0.39, 0.29) is 27.3 Å². The van der Waals surface area contributed by atoms with Gasteiger partial charge in [-0.25, -0.2) is 4.79 Å². The van der Waals surface area contributed by atoms with Crippen LogP contribution in [0.4, 0.5) is 26.3 Å². The second kappa shape index (κ2) is 8.69. The van der Waals surface area contributed by atoms with Crippen LogP contribution in [0, 0.1) is 6.92 Å². The van der Waals surface area contributed by atoms with E-state index in [9.17, 15) is 35.9 Å². The molecule has 0 saturated heterocycles. The molecule has 0 fully saturated rings. The molecule has 2 aromatic carbocycles. The Hall–Kier alpha value is -3.94. The monoisotopic (exact) mass is 518 g/mol. The number of nitrogens with one attached hydrogen (secondary N) is 2. The lowest BCUT2D eigenvalue weighted by atomic mass is 10.1. The lowest BCUT2D eigenvalue weighted by Crippen LogP contribution is -2.21. The highest BCUT2D eigenvalue weighted by molar-refractivity contribution is 7.22. The van der Waals surface area contributed by atoms with Crippen molar-refractivity contribution in [1.82, 2.24) is 9.97 Å². The summed E-state index contributed by atoms with van der Waals surface area (Å²) in [6.45, 7) is 1.57. The maximum atomic E-state index is 13.1. The van der Waals surface area contributed by atoms with Gasteiger partial charge in [-0.1, -0.05) is 0 Å². The number of fused-ring (bicyclic) bond motifs is 1. The molecule has 0 amide bonds. The Labute approximate surface area is 194 Å². The summed E-state index contributed by atoms with van der Waals surface area (Å²) in [6, 6.07) is 7.63. The van der Waals surface area contributed by atoms with Crippen LogP contribution < -0.4 is 25.5 Å². The van der Waals surface area contributed by atoms with Gasteiger partial charge >= 0.3 is 18.4 Å². The van der Waals surface area contributed by atoms with Gasteiger partial charge in [0, 0.05) is 4.88 Å². The number of halogens is 6. The van der Waals surface area contributed by atoms with Crippen molar-refractivity contribution in [3.63, 3.8) is 0 Å². The van der Waals surface area contributed by atoms with Crippen molar-refractivity contribution in [2.45, 2.75) is 19.6 Å². The Bertz CT molecular complexity index is 1500.